The van der Waals surface area contributed by atoms with Crippen LogP contribution in [0.2, 0.25) is 0 Å². The van der Waals surface area contributed by atoms with Gasteiger partial charge < -0.3 is 14.7 Å². The lowest BCUT2D eigenvalue weighted by molar-refractivity contribution is -0.114. The molecule has 1 N–H and O–H groups in total. The smallest absolute Gasteiger partial charge is 0.301 e. The SMILES string of the molecule is O=C1C(=Cc2cc(F)c(O)c(F)c2)OC(=S)N1c1ccc(N2CCCC2)nc1. The van der Waals surface area contributed by atoms with Crippen LogP contribution in [0.25, 0.3) is 6.08 Å². The van der Waals surface area contributed by atoms with Gasteiger partial charge in [0.05, 0.1) is 11.9 Å². The minimum absolute atomic E-state index is 0.0170. The summed E-state index contributed by atoms with van der Waals surface area (Å²) in [5.41, 5.74) is 0.452. The summed E-state index contributed by atoms with van der Waals surface area (Å²) < 4.78 is 32.3. The molecule has 0 radical (unpaired) electrons. The molecule has 4 rings (SSSR count). The maximum atomic E-state index is 13.5. The molecule has 0 saturated carbocycles. The van der Waals surface area contributed by atoms with Crippen LogP contribution < -0.4 is 9.80 Å². The van der Waals surface area contributed by atoms with Crippen molar-refractivity contribution in [1.29, 1.82) is 0 Å². The number of phenolic OH excluding ortho intramolecular Hbond substituents is 1. The quantitative estimate of drug-likeness (QED) is 0.626. The molecule has 2 aromatic rings. The molecule has 0 atom stereocenters. The number of halogens is 2. The number of anilines is 2. The maximum Gasteiger partial charge on any atom is 0.301 e. The summed E-state index contributed by atoms with van der Waals surface area (Å²) in [6, 6.07) is 5.31. The van der Waals surface area contributed by atoms with Gasteiger partial charge in [-0.3, -0.25) is 4.79 Å². The number of aromatic nitrogens is 1. The van der Waals surface area contributed by atoms with E-state index in [4.69, 9.17) is 22.1 Å². The van der Waals surface area contributed by atoms with Crippen molar-refractivity contribution in [2.45, 2.75) is 12.8 Å². The molecule has 1 aromatic heterocycles. The summed E-state index contributed by atoms with van der Waals surface area (Å²) in [6.07, 6.45) is 4.94. The second-order valence-electron chi connectivity index (χ2n) is 6.42. The van der Waals surface area contributed by atoms with Crippen molar-refractivity contribution in [3.63, 3.8) is 0 Å². The Morgan fingerprint density at radius 1 is 1.18 bits per heavy atom. The first-order valence-electron chi connectivity index (χ1n) is 8.61. The molecule has 2 fully saturated rings. The van der Waals surface area contributed by atoms with Gasteiger partial charge in [-0.1, -0.05) is 0 Å². The molecule has 2 aliphatic heterocycles. The van der Waals surface area contributed by atoms with E-state index in [9.17, 15) is 13.6 Å². The van der Waals surface area contributed by atoms with Crippen molar-refractivity contribution < 1.29 is 23.4 Å². The van der Waals surface area contributed by atoms with E-state index < -0.39 is 23.3 Å². The highest BCUT2D eigenvalue weighted by atomic mass is 32.1. The molecule has 0 aliphatic carbocycles. The standard InChI is InChI=1S/C19H15F2N3O3S/c20-13-7-11(8-14(21)17(13)25)9-15-18(26)24(19(28)27-15)12-3-4-16(22-10-12)23-5-1-2-6-23/h3-4,7-10,25H,1-2,5-6H2. The van der Waals surface area contributed by atoms with Crippen LogP contribution >= 0.6 is 12.2 Å². The van der Waals surface area contributed by atoms with E-state index in [0.29, 0.717) is 5.69 Å². The lowest BCUT2D eigenvalue weighted by Gasteiger charge is -2.18. The molecule has 2 aliphatic rings. The number of thiocarbonyl (C=S) groups is 1. The van der Waals surface area contributed by atoms with E-state index in [1.54, 1.807) is 6.07 Å². The monoisotopic (exact) mass is 403 g/mol. The molecule has 2 saturated heterocycles. The second-order valence-corrected chi connectivity index (χ2v) is 6.77. The highest BCUT2D eigenvalue weighted by molar-refractivity contribution is 7.80. The number of pyridine rings is 1. The summed E-state index contributed by atoms with van der Waals surface area (Å²) >= 11 is 5.12. The van der Waals surface area contributed by atoms with Crippen molar-refractivity contribution in [3.8, 4) is 5.75 Å². The predicted octanol–water partition coefficient (Wildman–Crippen LogP) is 3.35. The van der Waals surface area contributed by atoms with Gasteiger partial charge >= 0.3 is 5.91 Å². The highest BCUT2D eigenvalue weighted by Gasteiger charge is 2.35. The third-order valence-corrected chi connectivity index (χ3v) is 4.82. The Bertz CT molecular complexity index is 965. The normalized spacial score (nSPS) is 18.3. The van der Waals surface area contributed by atoms with Crippen molar-refractivity contribution >= 4 is 40.9 Å². The van der Waals surface area contributed by atoms with Gasteiger partial charge in [-0.15, -0.1) is 0 Å². The second kappa shape index (κ2) is 7.16. The lowest BCUT2D eigenvalue weighted by Crippen LogP contribution is -2.28. The maximum absolute atomic E-state index is 13.5. The Morgan fingerprint density at radius 2 is 1.86 bits per heavy atom. The van der Waals surface area contributed by atoms with Gasteiger partial charge in [0.1, 0.15) is 5.82 Å². The lowest BCUT2D eigenvalue weighted by atomic mass is 10.1. The Hall–Kier alpha value is -3.07. The highest BCUT2D eigenvalue weighted by Crippen LogP contribution is 2.29. The average Bonchev–Trinajstić information content (AvgIpc) is 3.29. The fourth-order valence-corrected chi connectivity index (χ4v) is 3.43. The van der Waals surface area contributed by atoms with Crippen LogP contribution in [-0.2, 0) is 9.53 Å². The first-order chi connectivity index (χ1) is 13.4. The molecule has 144 valence electrons. The first-order valence-corrected chi connectivity index (χ1v) is 9.02. The Balaban J connectivity index is 1.59. The number of carbonyl (C=O) groups excluding carboxylic acids is 1. The number of ether oxygens (including phenoxy) is 1. The van der Waals surface area contributed by atoms with Crippen molar-refractivity contribution in [3.05, 3.63) is 53.4 Å². The van der Waals surface area contributed by atoms with E-state index in [2.05, 4.69) is 9.88 Å². The molecular weight excluding hydrogens is 388 g/mol. The van der Waals surface area contributed by atoms with E-state index in [1.165, 1.54) is 6.20 Å². The molecule has 0 spiro atoms. The van der Waals surface area contributed by atoms with E-state index in [0.717, 1.165) is 54.9 Å². The topological polar surface area (TPSA) is 65.9 Å². The first kappa shape index (κ1) is 18.3. The number of hydrogen-bond acceptors (Lipinski definition) is 6. The van der Waals surface area contributed by atoms with Crippen LogP contribution in [-0.4, -0.2) is 34.3 Å². The zero-order valence-electron chi connectivity index (χ0n) is 14.6. The number of aromatic hydroxyl groups is 1. The van der Waals surface area contributed by atoms with Crippen LogP contribution in [0.5, 0.6) is 5.75 Å². The van der Waals surface area contributed by atoms with Crippen LogP contribution in [0.4, 0.5) is 20.3 Å². The number of phenols is 1. The third-order valence-electron chi connectivity index (χ3n) is 4.55. The van der Waals surface area contributed by atoms with Gasteiger partial charge in [-0.2, -0.15) is 0 Å². The Kier molecular flexibility index (Phi) is 4.68. The molecular formula is C19H15F2N3O3S. The Morgan fingerprint density at radius 3 is 2.46 bits per heavy atom. The number of benzene rings is 1. The predicted molar refractivity (Wildman–Crippen MR) is 103 cm³/mol. The molecule has 1 amide bonds. The van der Waals surface area contributed by atoms with Crippen molar-refractivity contribution in [2.24, 2.45) is 0 Å². The summed E-state index contributed by atoms with van der Waals surface area (Å²) in [5, 5.41) is 9.06. The molecule has 28 heavy (non-hydrogen) atoms. The van der Waals surface area contributed by atoms with Gasteiger partial charge in [0, 0.05) is 13.1 Å². The molecule has 1 aromatic carbocycles. The largest absolute Gasteiger partial charge is 0.503 e. The van der Waals surface area contributed by atoms with Crippen LogP contribution in [0, 0.1) is 11.6 Å². The van der Waals surface area contributed by atoms with E-state index in [1.807, 2.05) is 6.07 Å². The molecule has 6 nitrogen and oxygen atoms in total. The minimum atomic E-state index is -1.14. The summed E-state index contributed by atoms with van der Waals surface area (Å²) in [6.45, 7) is 1.90. The summed E-state index contributed by atoms with van der Waals surface area (Å²) in [4.78, 5) is 20.4. The van der Waals surface area contributed by atoms with Gasteiger partial charge in [0.2, 0.25) is 0 Å². The van der Waals surface area contributed by atoms with Crippen LogP contribution in [0.1, 0.15) is 18.4 Å². The van der Waals surface area contributed by atoms with E-state index in [-0.39, 0.29) is 16.5 Å². The molecule has 0 unspecified atom stereocenters. The number of amides is 1. The van der Waals surface area contributed by atoms with Crippen LogP contribution in [0.3, 0.4) is 0 Å². The molecule has 9 heteroatoms. The molecule has 3 heterocycles. The van der Waals surface area contributed by atoms with Crippen LogP contribution in [0.15, 0.2) is 36.2 Å². The van der Waals surface area contributed by atoms with Gasteiger partial charge in [0.15, 0.2) is 23.1 Å². The number of carbonyl (C=O) groups is 1. The van der Waals surface area contributed by atoms with Gasteiger partial charge in [0.25, 0.3) is 5.17 Å². The fourth-order valence-electron chi connectivity index (χ4n) is 3.15. The number of rotatable bonds is 3. The van der Waals surface area contributed by atoms with E-state index >= 15 is 0 Å². The third kappa shape index (κ3) is 3.29. The van der Waals surface area contributed by atoms with Crippen molar-refractivity contribution in [1.82, 2.24) is 4.98 Å². The summed E-state index contributed by atoms with van der Waals surface area (Å²) in [5.74, 6) is -3.29. The summed E-state index contributed by atoms with van der Waals surface area (Å²) in [7, 11) is 0. The fraction of sp³-hybridized carbons (Fsp3) is 0.211. The van der Waals surface area contributed by atoms with Crippen molar-refractivity contribution in [2.75, 3.05) is 22.9 Å². The zero-order valence-corrected chi connectivity index (χ0v) is 15.4. The Labute approximate surface area is 164 Å². The van der Waals surface area contributed by atoms with Gasteiger partial charge in [-0.05, 0) is 61.0 Å². The number of hydrogen-bond donors (Lipinski definition) is 1. The zero-order chi connectivity index (χ0) is 19.8. The molecule has 0 bridgehead atoms. The number of nitrogens with zero attached hydrogens (tertiary/aromatic N) is 3. The average molecular weight is 403 g/mol. The minimum Gasteiger partial charge on any atom is -0.503 e. The van der Waals surface area contributed by atoms with Gasteiger partial charge in [-0.25, -0.2) is 18.7 Å².